The molecule has 0 aliphatic rings. The summed E-state index contributed by atoms with van der Waals surface area (Å²) in [7, 11) is 0. The molecule has 2 rings (SSSR count). The summed E-state index contributed by atoms with van der Waals surface area (Å²) in [5.74, 6) is -0.376. The average molecular weight is 268 g/mol. The van der Waals surface area contributed by atoms with Gasteiger partial charge in [0.2, 0.25) is 5.13 Å². The van der Waals surface area contributed by atoms with Crippen LogP contribution in [0.25, 0.3) is 0 Å². The predicted molar refractivity (Wildman–Crippen MR) is 65.0 cm³/mol. The lowest BCUT2D eigenvalue weighted by molar-refractivity contribution is -0.605. The number of anilines is 1. The molecule has 8 heteroatoms. The first-order valence-corrected chi connectivity index (χ1v) is 6.61. The maximum Gasteiger partial charge on any atom is 0.263 e. The summed E-state index contributed by atoms with van der Waals surface area (Å²) in [6.07, 6.45) is 4.39. The van der Waals surface area contributed by atoms with Crippen molar-refractivity contribution < 1.29 is 9.52 Å². The minimum Gasteiger partial charge on any atom is -0.619 e. The van der Waals surface area contributed by atoms with Gasteiger partial charge in [0.15, 0.2) is 16.7 Å². The molecule has 2 aromatic rings. The van der Waals surface area contributed by atoms with Crippen LogP contribution in [0.3, 0.4) is 0 Å². The average Bonchev–Trinajstić information content (AvgIpc) is 2.77. The minimum absolute atomic E-state index is 0.281. The van der Waals surface area contributed by atoms with Crippen LogP contribution in [-0.4, -0.2) is 22.4 Å². The molecular formula is C9H8N4O2S2. The third-order valence-electron chi connectivity index (χ3n) is 1.84. The molecule has 0 aromatic carbocycles. The highest BCUT2D eigenvalue weighted by atomic mass is 32.2. The van der Waals surface area contributed by atoms with Gasteiger partial charge in [0.05, 0.1) is 0 Å². The monoisotopic (exact) mass is 268 g/mol. The lowest BCUT2D eigenvalue weighted by Crippen LogP contribution is -2.27. The number of hydrogen-bond donors (Lipinski definition) is 1. The maximum atomic E-state index is 11.7. The summed E-state index contributed by atoms with van der Waals surface area (Å²) in [6.45, 7) is 0. The van der Waals surface area contributed by atoms with E-state index in [1.54, 1.807) is 6.07 Å². The summed E-state index contributed by atoms with van der Waals surface area (Å²) >= 11 is 2.74. The van der Waals surface area contributed by atoms with Crippen LogP contribution in [0.15, 0.2) is 28.9 Å². The zero-order valence-corrected chi connectivity index (χ0v) is 10.4. The molecule has 1 N–H and O–H groups in total. The largest absolute Gasteiger partial charge is 0.619 e. The predicted octanol–water partition coefficient (Wildman–Crippen LogP) is 1.15. The Kier molecular flexibility index (Phi) is 3.55. The van der Waals surface area contributed by atoms with Crippen LogP contribution in [0.4, 0.5) is 5.13 Å². The fourth-order valence-electron chi connectivity index (χ4n) is 1.10. The Hall–Kier alpha value is -1.67. The summed E-state index contributed by atoms with van der Waals surface area (Å²) in [6, 6.07) is 3.07. The van der Waals surface area contributed by atoms with Gasteiger partial charge in [-0.05, 0) is 12.3 Å². The van der Waals surface area contributed by atoms with Gasteiger partial charge in [-0.2, -0.15) is 4.73 Å². The van der Waals surface area contributed by atoms with E-state index in [0.29, 0.717) is 9.86 Å². The van der Waals surface area contributed by atoms with Gasteiger partial charge < -0.3 is 5.21 Å². The molecule has 17 heavy (non-hydrogen) atoms. The van der Waals surface area contributed by atoms with Crippen LogP contribution in [0.2, 0.25) is 0 Å². The number of amides is 1. The molecule has 0 aliphatic carbocycles. The van der Waals surface area contributed by atoms with Crippen molar-refractivity contribution in [1.82, 2.24) is 10.2 Å². The highest BCUT2D eigenvalue weighted by molar-refractivity contribution is 8.00. The Balaban J connectivity index is 2.11. The van der Waals surface area contributed by atoms with E-state index in [2.05, 4.69) is 15.5 Å². The quantitative estimate of drug-likeness (QED) is 0.391. The molecule has 2 aromatic heterocycles. The van der Waals surface area contributed by atoms with Gasteiger partial charge in [0.25, 0.3) is 5.91 Å². The van der Waals surface area contributed by atoms with Gasteiger partial charge in [-0.3, -0.25) is 10.1 Å². The Labute approximate surface area is 105 Å². The zero-order valence-electron chi connectivity index (χ0n) is 8.78. The number of thioether (sulfide) groups is 1. The summed E-state index contributed by atoms with van der Waals surface area (Å²) in [5, 5.41) is 21.7. The smallest absolute Gasteiger partial charge is 0.263 e. The van der Waals surface area contributed by atoms with Crippen LogP contribution in [0, 0.1) is 5.21 Å². The second-order valence-corrected chi connectivity index (χ2v) is 5.01. The van der Waals surface area contributed by atoms with Crippen LogP contribution >= 0.6 is 23.1 Å². The second-order valence-electron chi connectivity index (χ2n) is 2.98. The number of nitrogens with one attached hydrogen (secondary N) is 1. The molecule has 0 saturated heterocycles. The van der Waals surface area contributed by atoms with Crippen LogP contribution in [0.5, 0.6) is 0 Å². The molecule has 0 unspecified atom stereocenters. The van der Waals surface area contributed by atoms with E-state index in [4.69, 9.17) is 0 Å². The topological polar surface area (TPSA) is 81.8 Å². The normalized spacial score (nSPS) is 10.2. The van der Waals surface area contributed by atoms with Gasteiger partial charge >= 0.3 is 0 Å². The molecule has 0 saturated carbocycles. The van der Waals surface area contributed by atoms with Crippen LogP contribution in [0.1, 0.15) is 10.4 Å². The summed E-state index contributed by atoms with van der Waals surface area (Å²) in [4.78, 5) is 11.7. The van der Waals surface area contributed by atoms with Gasteiger partial charge in [0, 0.05) is 6.07 Å². The molecule has 88 valence electrons. The van der Waals surface area contributed by atoms with Crippen molar-refractivity contribution in [2.24, 2.45) is 0 Å². The molecule has 0 atom stereocenters. The highest BCUT2D eigenvalue weighted by Crippen LogP contribution is 2.23. The number of pyridine rings is 1. The van der Waals surface area contributed by atoms with Gasteiger partial charge in [-0.15, -0.1) is 10.2 Å². The molecule has 0 fully saturated rings. The van der Waals surface area contributed by atoms with Gasteiger partial charge in [-0.25, -0.2) is 0 Å². The molecule has 0 spiro atoms. The van der Waals surface area contributed by atoms with E-state index >= 15 is 0 Å². The molecule has 2 heterocycles. The Morgan fingerprint density at radius 1 is 1.59 bits per heavy atom. The number of carbonyl (C=O) groups is 1. The van der Waals surface area contributed by atoms with Gasteiger partial charge in [-0.1, -0.05) is 23.1 Å². The van der Waals surface area contributed by atoms with Crippen molar-refractivity contribution in [1.29, 1.82) is 0 Å². The molecule has 1 amide bonds. The molecule has 0 radical (unpaired) electrons. The highest BCUT2D eigenvalue weighted by Gasteiger charge is 2.11. The first kappa shape index (κ1) is 11.8. The van der Waals surface area contributed by atoms with Crippen molar-refractivity contribution in [3.8, 4) is 0 Å². The van der Waals surface area contributed by atoms with E-state index in [9.17, 15) is 10.0 Å². The standard InChI is InChI=1S/C9H8N4O2S2/c1-16-9-12-11-8(17-9)10-7(14)6-3-2-4-13(15)5-6/h2-5H,1H3,(H,10,11,14). The Bertz CT molecular complexity index is 543. The van der Waals surface area contributed by atoms with Crippen LogP contribution < -0.4 is 10.0 Å². The number of rotatable bonds is 3. The Morgan fingerprint density at radius 3 is 3.06 bits per heavy atom. The van der Waals surface area contributed by atoms with Crippen molar-refractivity contribution in [2.75, 3.05) is 11.6 Å². The van der Waals surface area contributed by atoms with E-state index in [-0.39, 0.29) is 11.5 Å². The Morgan fingerprint density at radius 2 is 2.41 bits per heavy atom. The lowest BCUT2D eigenvalue weighted by Gasteiger charge is -2.00. The number of aromatic nitrogens is 3. The van der Waals surface area contributed by atoms with E-state index in [1.165, 1.54) is 41.6 Å². The zero-order chi connectivity index (χ0) is 12.3. The first-order chi connectivity index (χ1) is 8.19. The molecule has 0 bridgehead atoms. The fourth-order valence-corrected chi connectivity index (χ4v) is 2.27. The molecule has 0 aliphatic heterocycles. The van der Waals surface area contributed by atoms with Crippen molar-refractivity contribution in [3.63, 3.8) is 0 Å². The van der Waals surface area contributed by atoms with Crippen molar-refractivity contribution >= 4 is 34.1 Å². The molecule has 6 nitrogen and oxygen atoms in total. The third kappa shape index (κ3) is 2.92. The molecular weight excluding hydrogens is 260 g/mol. The van der Waals surface area contributed by atoms with Crippen molar-refractivity contribution in [3.05, 3.63) is 35.3 Å². The van der Waals surface area contributed by atoms with E-state index in [0.717, 1.165) is 4.34 Å². The summed E-state index contributed by atoms with van der Waals surface area (Å²) < 4.78 is 1.34. The first-order valence-electron chi connectivity index (χ1n) is 4.56. The third-order valence-corrected chi connectivity index (χ3v) is 3.65. The maximum absolute atomic E-state index is 11.7. The van der Waals surface area contributed by atoms with Crippen molar-refractivity contribution in [2.45, 2.75) is 4.34 Å². The minimum atomic E-state index is -0.376. The lowest BCUT2D eigenvalue weighted by atomic mass is 10.3. The summed E-state index contributed by atoms with van der Waals surface area (Å²) in [5.41, 5.74) is 0.281. The number of hydrogen-bond acceptors (Lipinski definition) is 6. The van der Waals surface area contributed by atoms with E-state index < -0.39 is 0 Å². The van der Waals surface area contributed by atoms with Gasteiger partial charge in [0.1, 0.15) is 5.56 Å². The van der Waals surface area contributed by atoms with E-state index in [1.807, 2.05) is 6.26 Å². The number of nitrogens with zero attached hydrogens (tertiary/aromatic N) is 3. The SMILES string of the molecule is CSc1nnc(NC(=O)c2ccc[n+]([O-])c2)s1. The number of carbonyl (C=O) groups excluding carboxylic acids is 1. The second kappa shape index (κ2) is 5.11. The van der Waals surface area contributed by atoms with Crippen LogP contribution in [-0.2, 0) is 0 Å². The fraction of sp³-hybridized carbons (Fsp3) is 0.111.